The molecule has 94 valence electrons. The highest BCUT2D eigenvalue weighted by Gasteiger charge is 2.20. The van der Waals surface area contributed by atoms with Crippen LogP contribution in [0.4, 0.5) is 0 Å². The number of hydrogen-bond donors (Lipinski definition) is 1. The molecule has 1 aromatic rings. The van der Waals surface area contributed by atoms with Crippen LogP contribution in [0.5, 0.6) is 5.75 Å². The second kappa shape index (κ2) is 7.16. The van der Waals surface area contributed by atoms with E-state index >= 15 is 0 Å². The molecule has 0 saturated heterocycles. The molecule has 1 saturated carbocycles. The molecule has 1 heteroatoms. The van der Waals surface area contributed by atoms with E-state index in [1.165, 1.54) is 25.7 Å². The minimum atomic E-state index is 0.292. The fourth-order valence-electron chi connectivity index (χ4n) is 2.44. The molecule has 1 aromatic carbocycles. The van der Waals surface area contributed by atoms with Crippen molar-refractivity contribution >= 4 is 6.08 Å². The fraction of sp³-hybridized carbons (Fsp3) is 0.500. The third-order valence-corrected chi connectivity index (χ3v) is 3.69. The average Bonchev–Trinajstić information content (AvgIpc) is 2.76. The van der Waals surface area contributed by atoms with E-state index in [0.29, 0.717) is 5.75 Å². The van der Waals surface area contributed by atoms with Crippen LogP contribution in [0.15, 0.2) is 30.8 Å². The molecule has 1 N–H and O–H groups in total. The molecule has 0 bridgehead atoms. The van der Waals surface area contributed by atoms with Gasteiger partial charge in [0.25, 0.3) is 0 Å². The summed E-state index contributed by atoms with van der Waals surface area (Å²) < 4.78 is 0. The second-order valence-electron chi connectivity index (χ2n) is 4.87. The van der Waals surface area contributed by atoms with Gasteiger partial charge in [-0.1, -0.05) is 64.3 Å². The monoisotopic (exact) mass is 232 g/mol. The van der Waals surface area contributed by atoms with E-state index in [-0.39, 0.29) is 0 Å². The van der Waals surface area contributed by atoms with Crippen molar-refractivity contribution in [3.8, 4) is 5.75 Å². The zero-order valence-electron chi connectivity index (χ0n) is 11.0. The lowest BCUT2D eigenvalue weighted by molar-refractivity contribution is 0.407. The molecule has 1 nitrogen and oxygen atoms in total. The molecule has 2 unspecified atom stereocenters. The Kier molecular flexibility index (Phi) is 5.82. The summed E-state index contributed by atoms with van der Waals surface area (Å²) in [6.07, 6.45) is 7.61. The van der Waals surface area contributed by atoms with Crippen LogP contribution in [0.2, 0.25) is 0 Å². The summed E-state index contributed by atoms with van der Waals surface area (Å²) in [6.45, 7) is 8.28. The summed E-state index contributed by atoms with van der Waals surface area (Å²) in [5.74, 6) is 2.38. The minimum Gasteiger partial charge on any atom is -0.508 e. The Morgan fingerprint density at radius 1 is 1.29 bits per heavy atom. The van der Waals surface area contributed by atoms with Gasteiger partial charge >= 0.3 is 0 Å². The van der Waals surface area contributed by atoms with Gasteiger partial charge in [0.15, 0.2) is 0 Å². The van der Waals surface area contributed by atoms with Gasteiger partial charge in [0.05, 0.1) is 0 Å². The van der Waals surface area contributed by atoms with Crippen LogP contribution in [-0.4, -0.2) is 5.11 Å². The van der Waals surface area contributed by atoms with Gasteiger partial charge in [-0.15, -0.1) is 0 Å². The van der Waals surface area contributed by atoms with Crippen molar-refractivity contribution < 1.29 is 5.11 Å². The number of phenolic OH excluding ortho intramolecular Hbond substituents is 1. The molecule has 0 heterocycles. The standard InChI is InChI=1S/C8H8O.C8H16/c1-2-7-3-5-8(9)6-4-7;1-3-8-6-4-5-7(8)2/h2-6,9H,1H2;7-8H,3-6H2,1-2H3. The lowest BCUT2D eigenvalue weighted by Crippen LogP contribution is -2.00. The zero-order valence-corrected chi connectivity index (χ0v) is 11.0. The van der Waals surface area contributed by atoms with Crippen LogP contribution in [-0.2, 0) is 0 Å². The first-order chi connectivity index (χ1) is 8.17. The highest BCUT2D eigenvalue weighted by Crippen LogP contribution is 2.32. The maximum Gasteiger partial charge on any atom is 0.115 e. The zero-order chi connectivity index (χ0) is 12.7. The summed E-state index contributed by atoms with van der Waals surface area (Å²) in [4.78, 5) is 0. The molecule has 0 radical (unpaired) electrons. The van der Waals surface area contributed by atoms with Crippen LogP contribution in [0.3, 0.4) is 0 Å². The Labute approximate surface area is 105 Å². The van der Waals surface area contributed by atoms with Gasteiger partial charge in [-0.25, -0.2) is 0 Å². The van der Waals surface area contributed by atoms with Crippen molar-refractivity contribution in [1.82, 2.24) is 0 Å². The van der Waals surface area contributed by atoms with Crippen molar-refractivity contribution in [2.75, 3.05) is 0 Å². The lowest BCUT2D eigenvalue weighted by atomic mass is 9.96. The maximum absolute atomic E-state index is 8.82. The molecule has 1 aliphatic carbocycles. The first-order valence-corrected chi connectivity index (χ1v) is 6.58. The van der Waals surface area contributed by atoms with E-state index in [2.05, 4.69) is 20.4 Å². The van der Waals surface area contributed by atoms with E-state index < -0.39 is 0 Å². The van der Waals surface area contributed by atoms with Gasteiger partial charge in [0, 0.05) is 0 Å². The number of benzene rings is 1. The van der Waals surface area contributed by atoms with Crippen LogP contribution in [0.1, 0.15) is 45.1 Å². The van der Waals surface area contributed by atoms with Crippen LogP contribution in [0.25, 0.3) is 6.08 Å². The number of hydrogen-bond acceptors (Lipinski definition) is 1. The number of aromatic hydroxyl groups is 1. The minimum absolute atomic E-state index is 0.292. The molecule has 0 aromatic heterocycles. The highest BCUT2D eigenvalue weighted by molar-refractivity contribution is 5.47. The summed E-state index contributed by atoms with van der Waals surface area (Å²) >= 11 is 0. The first kappa shape index (κ1) is 13.8. The van der Waals surface area contributed by atoms with E-state index in [0.717, 1.165) is 17.4 Å². The van der Waals surface area contributed by atoms with Crippen LogP contribution in [0, 0.1) is 11.8 Å². The first-order valence-electron chi connectivity index (χ1n) is 6.58. The molecule has 17 heavy (non-hydrogen) atoms. The molecule has 0 spiro atoms. The van der Waals surface area contributed by atoms with Gasteiger partial charge in [0.1, 0.15) is 5.75 Å². The molecule has 1 fully saturated rings. The smallest absolute Gasteiger partial charge is 0.115 e. The third kappa shape index (κ3) is 4.64. The quantitative estimate of drug-likeness (QED) is 0.771. The molecule has 1 aliphatic rings. The highest BCUT2D eigenvalue weighted by atomic mass is 16.3. The van der Waals surface area contributed by atoms with Crippen molar-refractivity contribution in [2.24, 2.45) is 11.8 Å². The van der Waals surface area contributed by atoms with Crippen molar-refractivity contribution in [1.29, 1.82) is 0 Å². The lowest BCUT2D eigenvalue weighted by Gasteiger charge is -2.10. The largest absolute Gasteiger partial charge is 0.508 e. The Morgan fingerprint density at radius 3 is 2.29 bits per heavy atom. The van der Waals surface area contributed by atoms with Crippen molar-refractivity contribution in [3.05, 3.63) is 36.4 Å². The number of rotatable bonds is 2. The van der Waals surface area contributed by atoms with E-state index in [4.69, 9.17) is 5.11 Å². The predicted octanol–water partition coefficient (Wildman–Crippen LogP) is 4.87. The van der Waals surface area contributed by atoms with Gasteiger partial charge in [-0.2, -0.15) is 0 Å². The molecular weight excluding hydrogens is 208 g/mol. The van der Waals surface area contributed by atoms with Crippen LogP contribution >= 0.6 is 0 Å². The van der Waals surface area contributed by atoms with E-state index in [1.54, 1.807) is 18.2 Å². The van der Waals surface area contributed by atoms with Gasteiger partial charge in [-0.3, -0.25) is 0 Å². The van der Waals surface area contributed by atoms with Gasteiger partial charge < -0.3 is 5.11 Å². The topological polar surface area (TPSA) is 20.2 Å². The SMILES string of the molecule is C=Cc1ccc(O)cc1.CCC1CCCC1C. The second-order valence-corrected chi connectivity index (χ2v) is 4.87. The average molecular weight is 232 g/mol. The summed E-state index contributed by atoms with van der Waals surface area (Å²) in [5, 5.41) is 8.82. The molecular formula is C16H24O. The van der Waals surface area contributed by atoms with Crippen molar-refractivity contribution in [3.63, 3.8) is 0 Å². The van der Waals surface area contributed by atoms with Crippen LogP contribution < -0.4 is 0 Å². The molecule has 0 amide bonds. The molecule has 2 atom stereocenters. The normalized spacial score (nSPS) is 22.7. The maximum atomic E-state index is 8.82. The van der Waals surface area contributed by atoms with Gasteiger partial charge in [0.2, 0.25) is 0 Å². The Hall–Kier alpha value is -1.24. The third-order valence-electron chi connectivity index (χ3n) is 3.69. The molecule has 0 aliphatic heterocycles. The Bertz CT molecular complexity index is 326. The Balaban J connectivity index is 0.000000171. The van der Waals surface area contributed by atoms with E-state index in [1.807, 2.05) is 12.1 Å². The number of phenols is 1. The van der Waals surface area contributed by atoms with Gasteiger partial charge in [-0.05, 0) is 29.5 Å². The fourth-order valence-corrected chi connectivity index (χ4v) is 2.44. The summed E-state index contributed by atoms with van der Waals surface area (Å²) in [6, 6.07) is 6.89. The summed E-state index contributed by atoms with van der Waals surface area (Å²) in [5.41, 5.74) is 1.02. The van der Waals surface area contributed by atoms with E-state index in [9.17, 15) is 0 Å². The van der Waals surface area contributed by atoms with Crippen molar-refractivity contribution in [2.45, 2.75) is 39.5 Å². The summed E-state index contributed by atoms with van der Waals surface area (Å²) in [7, 11) is 0. The predicted molar refractivity (Wildman–Crippen MR) is 75.0 cm³/mol. The Morgan fingerprint density at radius 2 is 1.94 bits per heavy atom. The molecule has 2 rings (SSSR count).